The predicted molar refractivity (Wildman–Crippen MR) is 96.2 cm³/mol. The van der Waals surface area contributed by atoms with Crippen LogP contribution >= 0.6 is 0 Å². The quantitative estimate of drug-likeness (QED) is 0.880. The first kappa shape index (κ1) is 16.5. The highest BCUT2D eigenvalue weighted by Gasteiger charge is 2.43. The average Bonchev–Trinajstić information content (AvgIpc) is 2.66. The van der Waals surface area contributed by atoms with Gasteiger partial charge in [0.1, 0.15) is 0 Å². The van der Waals surface area contributed by atoms with E-state index >= 15 is 0 Å². The lowest BCUT2D eigenvalue weighted by atomic mass is 9.77. The molecule has 0 bridgehead atoms. The molecule has 0 amide bonds. The third-order valence-electron chi connectivity index (χ3n) is 5.15. The molecule has 2 atom stereocenters. The van der Waals surface area contributed by atoms with Crippen LogP contribution < -0.4 is 19.1 Å². The minimum Gasteiger partial charge on any atom is -0.504 e. The van der Waals surface area contributed by atoms with Crippen molar-refractivity contribution in [2.75, 3.05) is 28.4 Å². The molecular formula is C20H20NO5+. The third-order valence-corrected chi connectivity index (χ3v) is 5.15. The topological polar surface area (TPSA) is 69.4 Å². The number of carbonyl (C=O) groups is 1. The highest BCUT2D eigenvalue weighted by molar-refractivity contribution is 6.12. The summed E-state index contributed by atoms with van der Waals surface area (Å²) in [6, 6.07) is 4.77. The number of fused-ring (bicyclic) bond motifs is 2. The Labute approximate surface area is 151 Å². The van der Waals surface area contributed by atoms with Gasteiger partial charge in [-0.1, -0.05) is 0 Å². The Morgan fingerprint density at radius 3 is 2.19 bits per heavy atom. The molecule has 134 valence electrons. The van der Waals surface area contributed by atoms with Crippen LogP contribution in [0.25, 0.3) is 17.2 Å². The number of phenols is 1. The lowest BCUT2D eigenvalue weighted by Gasteiger charge is -2.33. The summed E-state index contributed by atoms with van der Waals surface area (Å²) in [6.45, 7) is 0. The summed E-state index contributed by atoms with van der Waals surface area (Å²) in [5.41, 5.74) is 3.43. The van der Waals surface area contributed by atoms with Gasteiger partial charge in [-0.2, -0.15) is 0 Å². The van der Waals surface area contributed by atoms with Crippen LogP contribution in [-0.4, -0.2) is 39.3 Å². The molecule has 0 saturated carbocycles. The highest BCUT2D eigenvalue weighted by atomic mass is 16.5. The van der Waals surface area contributed by atoms with Crippen molar-refractivity contribution < 1.29 is 29.0 Å². The largest absolute Gasteiger partial charge is 0.504 e. The SMILES string of the molecule is COc1cc2c(cc1OC)-c1c(O)c(OC)cc3c1C(C2=O)[NH+](C)C=C3. The molecule has 0 radical (unpaired) electrons. The van der Waals surface area contributed by atoms with Crippen LogP contribution in [0.3, 0.4) is 0 Å². The van der Waals surface area contributed by atoms with E-state index in [1.54, 1.807) is 25.3 Å². The van der Waals surface area contributed by atoms with Gasteiger partial charge >= 0.3 is 0 Å². The van der Waals surface area contributed by atoms with E-state index in [0.29, 0.717) is 33.9 Å². The number of quaternary nitrogens is 1. The van der Waals surface area contributed by atoms with Crippen molar-refractivity contribution in [1.82, 2.24) is 0 Å². The Balaban J connectivity index is 2.13. The summed E-state index contributed by atoms with van der Waals surface area (Å²) in [5, 5.41) is 10.9. The van der Waals surface area contributed by atoms with Crippen molar-refractivity contribution in [3.63, 3.8) is 0 Å². The lowest BCUT2D eigenvalue weighted by Crippen LogP contribution is -3.06. The predicted octanol–water partition coefficient (Wildman–Crippen LogP) is 1.82. The number of rotatable bonds is 3. The zero-order valence-electron chi connectivity index (χ0n) is 15.0. The maximum atomic E-state index is 13.3. The first-order valence-electron chi connectivity index (χ1n) is 8.27. The van der Waals surface area contributed by atoms with E-state index in [-0.39, 0.29) is 11.5 Å². The monoisotopic (exact) mass is 354 g/mol. The molecule has 2 aromatic carbocycles. The van der Waals surface area contributed by atoms with Gasteiger partial charge in [0.2, 0.25) is 5.78 Å². The minimum absolute atomic E-state index is 0.0129. The van der Waals surface area contributed by atoms with Crippen molar-refractivity contribution in [3.8, 4) is 34.1 Å². The minimum atomic E-state index is -0.424. The number of ether oxygens (including phenoxy) is 3. The van der Waals surface area contributed by atoms with E-state index in [0.717, 1.165) is 16.0 Å². The fraction of sp³-hybridized carbons (Fsp3) is 0.250. The smallest absolute Gasteiger partial charge is 0.225 e. The Morgan fingerprint density at radius 1 is 0.962 bits per heavy atom. The second-order valence-electron chi connectivity index (χ2n) is 6.43. The van der Waals surface area contributed by atoms with Crippen molar-refractivity contribution in [2.24, 2.45) is 0 Å². The Hall–Kier alpha value is -2.99. The van der Waals surface area contributed by atoms with Gasteiger partial charge in [-0.15, -0.1) is 0 Å². The van der Waals surface area contributed by atoms with Crippen LogP contribution in [-0.2, 0) is 0 Å². The number of phenolic OH excluding ortho intramolecular Hbond substituents is 1. The van der Waals surface area contributed by atoms with E-state index in [1.165, 1.54) is 14.2 Å². The number of hydrogen-bond donors (Lipinski definition) is 2. The number of carbonyl (C=O) groups excluding carboxylic acids is 1. The normalized spacial score (nSPS) is 19.6. The maximum absolute atomic E-state index is 13.3. The van der Waals surface area contributed by atoms with Gasteiger partial charge in [0.05, 0.1) is 34.6 Å². The van der Waals surface area contributed by atoms with Crippen molar-refractivity contribution in [2.45, 2.75) is 6.04 Å². The van der Waals surface area contributed by atoms with E-state index in [4.69, 9.17) is 14.2 Å². The van der Waals surface area contributed by atoms with Crippen molar-refractivity contribution in [3.05, 3.63) is 41.1 Å². The first-order chi connectivity index (χ1) is 12.5. The van der Waals surface area contributed by atoms with Gasteiger partial charge in [-0.05, 0) is 29.8 Å². The van der Waals surface area contributed by atoms with Crippen molar-refractivity contribution >= 4 is 11.9 Å². The zero-order valence-corrected chi connectivity index (χ0v) is 15.0. The van der Waals surface area contributed by atoms with E-state index in [1.807, 2.05) is 19.3 Å². The molecule has 2 aliphatic rings. The maximum Gasteiger partial charge on any atom is 0.225 e. The zero-order chi connectivity index (χ0) is 18.6. The van der Waals surface area contributed by atoms with Crippen LogP contribution in [0.4, 0.5) is 0 Å². The molecule has 1 aliphatic heterocycles. The molecule has 6 nitrogen and oxygen atoms in total. The number of nitrogens with one attached hydrogen (secondary N) is 1. The molecule has 0 saturated heterocycles. The number of Topliss-reactive ketones (excluding diaryl/α,β-unsaturated/α-hetero) is 1. The van der Waals surface area contributed by atoms with Gasteiger partial charge in [-0.25, -0.2) is 0 Å². The van der Waals surface area contributed by atoms with Crippen LogP contribution in [0.5, 0.6) is 23.0 Å². The first-order valence-corrected chi connectivity index (χ1v) is 8.27. The summed E-state index contributed by atoms with van der Waals surface area (Å²) in [4.78, 5) is 14.2. The molecule has 2 N–H and O–H groups in total. The number of benzene rings is 2. The summed E-state index contributed by atoms with van der Waals surface area (Å²) in [5.74, 6) is 1.37. The van der Waals surface area contributed by atoms with Gasteiger partial charge in [0.25, 0.3) is 0 Å². The van der Waals surface area contributed by atoms with Gasteiger partial charge < -0.3 is 19.3 Å². The fourth-order valence-electron chi connectivity index (χ4n) is 3.89. The molecule has 2 aromatic rings. The molecule has 0 aromatic heterocycles. The van der Waals surface area contributed by atoms with E-state index in [2.05, 4.69) is 0 Å². The molecule has 26 heavy (non-hydrogen) atoms. The Kier molecular flexibility index (Phi) is 3.66. The molecule has 0 fully saturated rings. The van der Waals surface area contributed by atoms with Gasteiger partial charge in [0, 0.05) is 22.3 Å². The number of methoxy groups -OCH3 is 3. The average molecular weight is 354 g/mol. The molecule has 2 unspecified atom stereocenters. The van der Waals surface area contributed by atoms with Crippen LogP contribution in [0, 0.1) is 0 Å². The lowest BCUT2D eigenvalue weighted by molar-refractivity contribution is -0.848. The van der Waals surface area contributed by atoms with Crippen LogP contribution in [0.2, 0.25) is 0 Å². The summed E-state index contributed by atoms with van der Waals surface area (Å²) in [6.07, 6.45) is 3.89. The second-order valence-corrected chi connectivity index (χ2v) is 6.43. The number of aromatic hydroxyl groups is 1. The van der Waals surface area contributed by atoms with E-state index in [9.17, 15) is 9.90 Å². The fourth-order valence-corrected chi connectivity index (χ4v) is 3.89. The van der Waals surface area contributed by atoms with Gasteiger partial charge in [0.15, 0.2) is 29.0 Å². The Bertz CT molecular complexity index is 963. The molecule has 1 aliphatic carbocycles. The summed E-state index contributed by atoms with van der Waals surface area (Å²) >= 11 is 0. The highest BCUT2D eigenvalue weighted by Crippen LogP contribution is 2.51. The summed E-state index contributed by atoms with van der Waals surface area (Å²) < 4.78 is 16.1. The third kappa shape index (κ3) is 2.05. The van der Waals surface area contributed by atoms with Crippen molar-refractivity contribution in [1.29, 1.82) is 0 Å². The number of hydrogen-bond acceptors (Lipinski definition) is 5. The number of ketones is 1. The van der Waals surface area contributed by atoms with Gasteiger partial charge in [-0.3, -0.25) is 9.69 Å². The van der Waals surface area contributed by atoms with Crippen LogP contribution in [0.1, 0.15) is 27.5 Å². The Morgan fingerprint density at radius 2 is 1.58 bits per heavy atom. The molecular weight excluding hydrogens is 334 g/mol. The number of likely N-dealkylation sites (N-methyl/N-ethyl adjacent to an activating group) is 1. The molecule has 6 heteroatoms. The molecule has 4 rings (SSSR count). The molecule has 0 spiro atoms. The molecule has 1 heterocycles. The summed E-state index contributed by atoms with van der Waals surface area (Å²) in [7, 11) is 6.52. The second kappa shape index (κ2) is 5.78. The standard InChI is InChI=1S/C20H19NO5/c1-21-6-5-10-7-15(26-4)20(23)17-11-8-13(24-2)14(25-3)9-12(11)19(22)18(21)16(10)17/h5-9,18,23H,1-4H3/p+1. The van der Waals surface area contributed by atoms with Crippen LogP contribution in [0.15, 0.2) is 24.4 Å². The van der Waals surface area contributed by atoms with E-state index < -0.39 is 6.04 Å².